The number of nitrogens with zero attached hydrogens (tertiary/aromatic N) is 2. The molecule has 0 bridgehead atoms. The molecule has 0 aliphatic carbocycles. The van der Waals surface area contributed by atoms with Crippen LogP contribution in [0.1, 0.15) is 15.9 Å². The SMILES string of the molecule is O=C(O)COc1ccc(/C=N/NC(=O)c2cc(-c3ccccc3)nc3ccccc23)cc1I. The summed E-state index contributed by atoms with van der Waals surface area (Å²) in [5.41, 5.74) is 6.13. The maximum atomic E-state index is 13.0. The molecule has 0 aliphatic heterocycles. The molecule has 3 aromatic carbocycles. The van der Waals surface area contributed by atoms with E-state index in [2.05, 4.69) is 33.1 Å². The number of aliphatic carboxylic acids is 1. The molecular weight excluding hydrogens is 533 g/mol. The van der Waals surface area contributed by atoms with Gasteiger partial charge in [-0.2, -0.15) is 5.10 Å². The van der Waals surface area contributed by atoms with E-state index in [4.69, 9.17) is 14.8 Å². The van der Waals surface area contributed by atoms with Gasteiger partial charge in [-0.25, -0.2) is 15.2 Å². The lowest BCUT2D eigenvalue weighted by atomic mass is 10.0. The topological polar surface area (TPSA) is 101 Å². The Kier molecular flexibility index (Phi) is 6.94. The van der Waals surface area contributed by atoms with Crippen molar-refractivity contribution in [2.45, 2.75) is 0 Å². The molecule has 0 aliphatic rings. The number of ether oxygens (including phenoxy) is 1. The van der Waals surface area contributed by atoms with E-state index in [0.717, 1.165) is 25.6 Å². The molecule has 164 valence electrons. The van der Waals surface area contributed by atoms with Crippen LogP contribution in [-0.4, -0.2) is 34.8 Å². The Labute approximate surface area is 203 Å². The number of fused-ring (bicyclic) bond motifs is 1. The van der Waals surface area contributed by atoms with Gasteiger partial charge in [0.05, 0.1) is 26.6 Å². The molecule has 33 heavy (non-hydrogen) atoms. The lowest BCUT2D eigenvalue weighted by Crippen LogP contribution is -2.18. The first-order chi connectivity index (χ1) is 16.0. The number of aromatic nitrogens is 1. The monoisotopic (exact) mass is 551 g/mol. The van der Waals surface area contributed by atoms with Gasteiger partial charge >= 0.3 is 5.97 Å². The molecule has 2 N–H and O–H groups in total. The summed E-state index contributed by atoms with van der Waals surface area (Å²) < 4.78 is 5.95. The number of benzene rings is 3. The van der Waals surface area contributed by atoms with E-state index < -0.39 is 12.6 Å². The number of pyridine rings is 1. The average Bonchev–Trinajstić information content (AvgIpc) is 2.83. The number of nitrogens with one attached hydrogen (secondary N) is 1. The van der Waals surface area contributed by atoms with Gasteiger partial charge in [-0.1, -0.05) is 48.5 Å². The Hall–Kier alpha value is -3.79. The number of halogens is 1. The highest BCUT2D eigenvalue weighted by molar-refractivity contribution is 14.1. The Bertz CT molecular complexity index is 1360. The fourth-order valence-electron chi connectivity index (χ4n) is 3.20. The molecule has 7 nitrogen and oxygen atoms in total. The molecule has 0 saturated carbocycles. The smallest absolute Gasteiger partial charge is 0.341 e. The number of hydrogen-bond acceptors (Lipinski definition) is 5. The zero-order valence-electron chi connectivity index (χ0n) is 17.2. The lowest BCUT2D eigenvalue weighted by Gasteiger charge is -2.09. The summed E-state index contributed by atoms with van der Waals surface area (Å²) in [6.45, 7) is -0.412. The van der Waals surface area contributed by atoms with Gasteiger partial charge in [0.15, 0.2) is 6.61 Å². The summed E-state index contributed by atoms with van der Waals surface area (Å²) in [6.07, 6.45) is 1.52. The zero-order chi connectivity index (χ0) is 23.2. The number of carboxylic acids is 1. The summed E-state index contributed by atoms with van der Waals surface area (Å²) in [5, 5.41) is 13.6. The second-order valence-electron chi connectivity index (χ2n) is 7.01. The third kappa shape index (κ3) is 5.53. The Morgan fingerprint density at radius 2 is 1.79 bits per heavy atom. The van der Waals surface area contributed by atoms with E-state index in [1.165, 1.54) is 6.21 Å². The van der Waals surface area contributed by atoms with Crippen LogP contribution in [-0.2, 0) is 4.79 Å². The molecule has 0 unspecified atom stereocenters. The molecule has 0 fully saturated rings. The standard InChI is InChI=1S/C25H18IN3O4/c26-20-12-16(10-11-23(20)33-15-24(30)31)14-27-29-25(32)19-13-22(17-6-2-1-3-7-17)28-21-9-5-4-8-18(19)21/h1-14H,15H2,(H,29,32)(H,30,31)/b27-14+. The molecule has 4 aromatic rings. The number of rotatable bonds is 7. The van der Waals surface area contributed by atoms with E-state index in [1.807, 2.05) is 54.6 Å². The average molecular weight is 551 g/mol. The van der Waals surface area contributed by atoms with Crippen LogP contribution < -0.4 is 10.2 Å². The molecule has 0 radical (unpaired) electrons. The summed E-state index contributed by atoms with van der Waals surface area (Å²) in [6, 6.07) is 24.1. The maximum Gasteiger partial charge on any atom is 0.341 e. The minimum absolute atomic E-state index is 0.349. The number of carbonyl (C=O) groups is 2. The van der Waals surface area contributed by atoms with Gasteiger partial charge in [0.1, 0.15) is 5.75 Å². The predicted molar refractivity (Wildman–Crippen MR) is 135 cm³/mol. The van der Waals surface area contributed by atoms with E-state index >= 15 is 0 Å². The second-order valence-corrected chi connectivity index (χ2v) is 8.17. The number of carbonyl (C=O) groups excluding carboxylic acids is 1. The minimum Gasteiger partial charge on any atom is -0.481 e. The van der Waals surface area contributed by atoms with Gasteiger partial charge in [-0.3, -0.25) is 4.79 Å². The third-order valence-corrected chi connectivity index (χ3v) is 5.56. The van der Waals surface area contributed by atoms with Crippen molar-refractivity contribution in [3.8, 4) is 17.0 Å². The maximum absolute atomic E-state index is 13.0. The highest BCUT2D eigenvalue weighted by atomic mass is 127. The number of para-hydroxylation sites is 1. The van der Waals surface area contributed by atoms with Crippen molar-refractivity contribution in [1.82, 2.24) is 10.4 Å². The summed E-state index contributed by atoms with van der Waals surface area (Å²) in [4.78, 5) is 28.3. The fourth-order valence-corrected chi connectivity index (χ4v) is 3.89. The van der Waals surface area contributed by atoms with Crippen molar-refractivity contribution in [3.63, 3.8) is 0 Å². The molecule has 8 heteroatoms. The van der Waals surface area contributed by atoms with E-state index in [0.29, 0.717) is 17.0 Å². The Balaban J connectivity index is 1.55. The molecule has 0 saturated heterocycles. The van der Waals surface area contributed by atoms with E-state index in [9.17, 15) is 9.59 Å². The van der Waals surface area contributed by atoms with Gasteiger partial charge in [-0.05, 0) is 58.5 Å². The summed E-state index contributed by atoms with van der Waals surface area (Å²) in [5.74, 6) is -0.924. The number of hydrogen-bond donors (Lipinski definition) is 2. The molecule has 4 rings (SSSR count). The first-order valence-electron chi connectivity index (χ1n) is 9.94. The van der Waals surface area contributed by atoms with Crippen molar-refractivity contribution in [2.75, 3.05) is 6.61 Å². The number of amides is 1. The zero-order valence-corrected chi connectivity index (χ0v) is 19.4. The van der Waals surface area contributed by atoms with Crippen molar-refractivity contribution >= 4 is 51.6 Å². The first kappa shape index (κ1) is 22.4. The van der Waals surface area contributed by atoms with Gasteiger partial charge in [0.2, 0.25) is 0 Å². The third-order valence-electron chi connectivity index (χ3n) is 4.72. The van der Waals surface area contributed by atoms with Crippen molar-refractivity contribution < 1.29 is 19.4 Å². The van der Waals surface area contributed by atoms with Crippen LogP contribution in [0.15, 0.2) is 84.0 Å². The van der Waals surface area contributed by atoms with Crippen molar-refractivity contribution in [2.24, 2.45) is 5.10 Å². The number of carboxylic acid groups (broad SMARTS) is 1. The summed E-state index contributed by atoms with van der Waals surface area (Å²) >= 11 is 2.05. The van der Waals surface area contributed by atoms with Gasteiger partial charge < -0.3 is 9.84 Å². The largest absolute Gasteiger partial charge is 0.481 e. The van der Waals surface area contributed by atoms with Crippen LogP contribution in [0.3, 0.4) is 0 Å². The van der Waals surface area contributed by atoms with Crippen LogP contribution in [0.5, 0.6) is 5.75 Å². The summed E-state index contributed by atoms with van der Waals surface area (Å²) in [7, 11) is 0. The van der Waals surface area contributed by atoms with Crippen LogP contribution in [0.25, 0.3) is 22.2 Å². The molecule has 0 spiro atoms. The number of hydrazone groups is 1. The second kappa shape index (κ2) is 10.2. The molecular formula is C25H18IN3O4. The van der Waals surface area contributed by atoms with Crippen LogP contribution in [0, 0.1) is 3.57 Å². The molecule has 0 atom stereocenters. The quantitative estimate of drug-likeness (QED) is 0.197. The normalized spacial score (nSPS) is 10.9. The molecule has 1 amide bonds. The minimum atomic E-state index is -1.04. The Morgan fingerprint density at radius 1 is 1.03 bits per heavy atom. The van der Waals surface area contributed by atoms with Crippen molar-refractivity contribution in [3.05, 3.63) is 93.6 Å². The van der Waals surface area contributed by atoms with Gasteiger partial charge in [-0.15, -0.1) is 0 Å². The fraction of sp³-hybridized carbons (Fsp3) is 0.0400. The van der Waals surface area contributed by atoms with Crippen LogP contribution in [0.2, 0.25) is 0 Å². The van der Waals surface area contributed by atoms with Crippen molar-refractivity contribution in [1.29, 1.82) is 0 Å². The van der Waals surface area contributed by atoms with E-state index in [-0.39, 0.29) is 5.91 Å². The first-order valence-corrected chi connectivity index (χ1v) is 11.0. The highest BCUT2D eigenvalue weighted by Crippen LogP contribution is 2.25. The highest BCUT2D eigenvalue weighted by Gasteiger charge is 2.13. The lowest BCUT2D eigenvalue weighted by molar-refractivity contribution is -0.139. The van der Waals surface area contributed by atoms with Crippen LogP contribution >= 0.6 is 22.6 Å². The molecule has 1 heterocycles. The van der Waals surface area contributed by atoms with Gasteiger partial charge in [0.25, 0.3) is 5.91 Å². The van der Waals surface area contributed by atoms with Crippen LogP contribution in [0.4, 0.5) is 0 Å². The molecule has 1 aromatic heterocycles. The predicted octanol–water partition coefficient (Wildman–Crippen LogP) is 4.73. The Morgan fingerprint density at radius 3 is 2.55 bits per heavy atom. The van der Waals surface area contributed by atoms with E-state index in [1.54, 1.807) is 24.3 Å². The van der Waals surface area contributed by atoms with Gasteiger partial charge in [0, 0.05) is 10.9 Å².